The molecule has 0 saturated carbocycles. The monoisotopic (exact) mass is 460 g/mol. The summed E-state index contributed by atoms with van der Waals surface area (Å²) in [6, 6.07) is 11.3. The molecule has 0 aliphatic rings. The number of benzene rings is 3. The predicted molar refractivity (Wildman–Crippen MR) is 117 cm³/mol. The van der Waals surface area contributed by atoms with Gasteiger partial charge in [-0.15, -0.1) is 4.39 Å². The van der Waals surface area contributed by atoms with Gasteiger partial charge >= 0.3 is 12.3 Å². The van der Waals surface area contributed by atoms with Gasteiger partial charge in [0.2, 0.25) is 0 Å². The van der Waals surface area contributed by atoms with Crippen LogP contribution in [0.1, 0.15) is 30.5 Å². The normalized spacial score (nSPS) is 15.7. The van der Waals surface area contributed by atoms with Gasteiger partial charge in [0, 0.05) is 8.22 Å². The molecular formula is C25H20F4N3O+. The van der Waals surface area contributed by atoms with Crippen LogP contribution in [-0.2, 0) is 13.2 Å². The second-order valence-electron chi connectivity index (χ2n) is 7.67. The molecule has 0 N–H and O–H groups in total. The Morgan fingerprint density at radius 1 is 1.03 bits per heavy atom. The molecule has 0 bridgehead atoms. The van der Waals surface area contributed by atoms with Gasteiger partial charge in [-0.25, -0.2) is 4.57 Å². The largest absolute Gasteiger partial charge is 0.418 e. The van der Waals surface area contributed by atoms with Crippen molar-refractivity contribution in [3.05, 3.63) is 76.9 Å². The second kappa shape index (κ2) is 7.16. The molecule has 5 rings (SSSR count). The van der Waals surface area contributed by atoms with Crippen molar-refractivity contribution in [1.82, 2.24) is 9.55 Å². The third kappa shape index (κ3) is 3.12. The number of para-hydroxylation sites is 3. The molecule has 168 valence electrons. The molecule has 0 atom stereocenters. The predicted octanol–water partition coefficient (Wildman–Crippen LogP) is 6.35. The van der Waals surface area contributed by atoms with Gasteiger partial charge < -0.3 is 4.42 Å². The zero-order valence-electron chi connectivity index (χ0n) is 23.4. The van der Waals surface area contributed by atoms with Crippen molar-refractivity contribution in [3.8, 4) is 17.1 Å². The van der Waals surface area contributed by atoms with Crippen molar-refractivity contribution >= 4 is 22.1 Å². The number of hydrogen-bond acceptors (Lipinski definition) is 2. The molecule has 0 spiro atoms. The lowest BCUT2D eigenvalue weighted by Gasteiger charge is -2.13. The van der Waals surface area contributed by atoms with Crippen molar-refractivity contribution in [1.29, 1.82) is 0 Å². The summed E-state index contributed by atoms with van der Waals surface area (Å²) in [6.07, 6.45) is -6.36. The van der Waals surface area contributed by atoms with Gasteiger partial charge in [-0.3, -0.25) is 0 Å². The first-order valence-electron chi connectivity index (χ1n) is 12.8. The summed E-state index contributed by atoms with van der Waals surface area (Å²) in [5, 5.41) is 0. The van der Waals surface area contributed by atoms with E-state index in [1.165, 1.54) is 29.7 Å². The maximum Gasteiger partial charge on any atom is 0.418 e. The van der Waals surface area contributed by atoms with E-state index in [9.17, 15) is 17.6 Å². The summed E-state index contributed by atoms with van der Waals surface area (Å²) in [5.74, 6) is 0.0748. The Kier molecular flexibility index (Phi) is 3.30. The zero-order valence-corrected chi connectivity index (χ0v) is 17.4. The van der Waals surface area contributed by atoms with Crippen LogP contribution in [0.25, 0.3) is 39.2 Å². The van der Waals surface area contributed by atoms with Crippen LogP contribution in [0.4, 0.5) is 17.6 Å². The third-order valence-corrected chi connectivity index (χ3v) is 5.64. The Hall–Kier alpha value is -3.68. The number of aromatic nitrogens is 3. The van der Waals surface area contributed by atoms with Crippen LogP contribution >= 0.6 is 0 Å². The van der Waals surface area contributed by atoms with Gasteiger partial charge in [0.05, 0.1) is 12.6 Å². The van der Waals surface area contributed by atoms with Crippen molar-refractivity contribution in [2.24, 2.45) is 7.05 Å². The first kappa shape index (κ1) is 15.2. The topological polar surface area (TPSA) is 34.8 Å². The number of oxazole rings is 1. The van der Waals surface area contributed by atoms with Crippen LogP contribution < -0.4 is 4.57 Å². The lowest BCUT2D eigenvalue weighted by Crippen LogP contribution is -2.30. The van der Waals surface area contributed by atoms with Crippen LogP contribution in [0.5, 0.6) is 0 Å². The Labute approximate surface area is 195 Å². The van der Waals surface area contributed by atoms with Crippen molar-refractivity contribution in [3.63, 3.8) is 0 Å². The first-order chi connectivity index (χ1) is 18.0. The summed E-state index contributed by atoms with van der Waals surface area (Å²) in [6.45, 7) is -4.16. The summed E-state index contributed by atoms with van der Waals surface area (Å²) in [5.41, 5.74) is -2.37. The number of hydrogen-bond donors (Lipinski definition) is 0. The van der Waals surface area contributed by atoms with Gasteiger partial charge in [0.25, 0.3) is 5.82 Å². The van der Waals surface area contributed by atoms with E-state index in [2.05, 4.69) is 4.98 Å². The van der Waals surface area contributed by atoms with Gasteiger partial charge in [0.15, 0.2) is 16.6 Å². The molecule has 2 aromatic heterocycles. The minimum atomic E-state index is -4.87. The maximum absolute atomic E-state index is 14.3. The molecule has 0 unspecified atom stereocenters. The lowest BCUT2D eigenvalue weighted by atomic mass is 10.0. The molecule has 5 aromatic rings. The molecule has 0 amide bonds. The van der Waals surface area contributed by atoms with E-state index in [-0.39, 0.29) is 33.8 Å². The fourth-order valence-corrected chi connectivity index (χ4v) is 4.28. The number of aryl methyl sites for hydroxylation is 4. The smallest absolute Gasteiger partial charge is 0.414 e. The van der Waals surface area contributed by atoms with E-state index in [0.29, 0.717) is 11.0 Å². The van der Waals surface area contributed by atoms with E-state index in [0.717, 1.165) is 6.07 Å². The molecule has 2 heterocycles. The summed E-state index contributed by atoms with van der Waals surface area (Å²) >= 11 is 0. The van der Waals surface area contributed by atoms with Crippen LogP contribution in [-0.4, -0.2) is 9.55 Å². The molecule has 0 aliphatic carbocycles. The number of fused-ring (bicyclic) bond motifs is 2. The van der Waals surface area contributed by atoms with E-state index < -0.39 is 42.7 Å². The molecule has 33 heavy (non-hydrogen) atoms. The van der Waals surface area contributed by atoms with Crippen LogP contribution in [0.2, 0.25) is 0 Å². The number of nitrogens with zero attached hydrogens (tertiary/aromatic N) is 3. The SMILES string of the molecule is [2H]C([2H])([2H])c1cccc(C([2H])([2H])[2H])c1-n1c(-c2c(C)cc(C(F)(F)F)c3nc(F)oc23)[n+](C)c2ccccc21. The fourth-order valence-electron chi connectivity index (χ4n) is 4.28. The second-order valence-corrected chi connectivity index (χ2v) is 7.67. The standard InChI is InChI=1S/C25H20F4N3O/c1-13-8-7-9-14(2)21(13)32-18-11-6-5-10-17(18)31(4)23(32)19-15(3)12-16(25(27,28)29)20-22(19)33-24(26)30-20/h5-12H,1-4H3/q+1/i1D3,2D3. The van der Waals surface area contributed by atoms with Crippen molar-refractivity contribution in [2.75, 3.05) is 0 Å². The van der Waals surface area contributed by atoms with Crippen LogP contribution in [0.3, 0.4) is 0 Å². The minimum Gasteiger partial charge on any atom is -0.414 e. The Morgan fingerprint density at radius 3 is 2.39 bits per heavy atom. The highest BCUT2D eigenvalue weighted by Gasteiger charge is 2.39. The summed E-state index contributed by atoms with van der Waals surface area (Å²) in [7, 11) is 1.58. The Bertz CT molecular complexity index is 1730. The molecule has 0 fully saturated rings. The van der Waals surface area contributed by atoms with Gasteiger partial charge in [-0.05, 0) is 55.5 Å². The molecule has 3 aromatic carbocycles. The van der Waals surface area contributed by atoms with Gasteiger partial charge in [-0.2, -0.15) is 22.7 Å². The minimum absolute atomic E-state index is 0.00932. The number of halogens is 4. The number of alkyl halides is 3. The fraction of sp³-hybridized carbons (Fsp3) is 0.200. The zero-order chi connectivity index (χ0) is 28.7. The third-order valence-electron chi connectivity index (χ3n) is 5.64. The molecular weight excluding hydrogens is 434 g/mol. The maximum atomic E-state index is 14.3. The Balaban J connectivity index is 2.05. The number of imidazole rings is 1. The molecule has 8 heteroatoms. The highest BCUT2D eigenvalue weighted by Crippen LogP contribution is 2.42. The highest BCUT2D eigenvalue weighted by molar-refractivity contribution is 5.94. The highest BCUT2D eigenvalue weighted by atomic mass is 19.4. The number of rotatable bonds is 2. The van der Waals surface area contributed by atoms with E-state index >= 15 is 0 Å². The van der Waals surface area contributed by atoms with E-state index in [4.69, 9.17) is 12.6 Å². The summed E-state index contributed by atoms with van der Waals surface area (Å²) < 4.78 is 113. The van der Waals surface area contributed by atoms with Gasteiger partial charge in [0.1, 0.15) is 16.8 Å². The molecule has 0 saturated heterocycles. The summed E-state index contributed by atoms with van der Waals surface area (Å²) in [4.78, 5) is 3.35. The quantitative estimate of drug-likeness (QED) is 0.227. The van der Waals surface area contributed by atoms with Crippen LogP contribution in [0.15, 0.2) is 52.9 Å². The average Bonchev–Trinajstić information content (AvgIpc) is 3.33. The van der Waals surface area contributed by atoms with E-state index in [1.807, 2.05) is 0 Å². The average molecular weight is 460 g/mol. The molecule has 4 nitrogen and oxygen atoms in total. The van der Waals surface area contributed by atoms with Crippen molar-refractivity contribution in [2.45, 2.75) is 26.8 Å². The Morgan fingerprint density at radius 2 is 1.73 bits per heavy atom. The van der Waals surface area contributed by atoms with E-state index in [1.54, 1.807) is 35.9 Å². The van der Waals surface area contributed by atoms with Crippen molar-refractivity contribution < 1.29 is 34.8 Å². The van der Waals surface area contributed by atoms with Gasteiger partial charge in [-0.1, -0.05) is 30.3 Å². The molecule has 0 radical (unpaired) electrons. The first-order valence-corrected chi connectivity index (χ1v) is 9.83. The lowest BCUT2D eigenvalue weighted by molar-refractivity contribution is -0.633. The molecule has 0 aliphatic heterocycles. The van der Waals surface area contributed by atoms with Crippen LogP contribution in [0, 0.1) is 26.8 Å².